The first kappa shape index (κ1) is 14.6. The number of rotatable bonds is 1. The number of hydrogen-bond donors (Lipinski definition) is 1. The van der Waals surface area contributed by atoms with E-state index in [0.717, 1.165) is 28.6 Å². The Balaban J connectivity index is 1.83. The fourth-order valence-electron chi connectivity index (χ4n) is 2.65. The summed E-state index contributed by atoms with van der Waals surface area (Å²) >= 11 is 0. The van der Waals surface area contributed by atoms with Crippen molar-refractivity contribution in [2.75, 3.05) is 13.1 Å². The smallest absolute Gasteiger partial charge is 0.410 e. The van der Waals surface area contributed by atoms with Crippen molar-refractivity contribution in [3.05, 3.63) is 36.2 Å². The summed E-state index contributed by atoms with van der Waals surface area (Å²) in [6, 6.07) is 3.94. The number of ether oxygens (including phenoxy) is 1. The highest BCUT2D eigenvalue weighted by molar-refractivity contribution is 5.90. The van der Waals surface area contributed by atoms with E-state index in [1.165, 1.54) is 0 Å². The number of carbonyl (C=O) groups excluding carboxylic acids is 1. The largest absolute Gasteiger partial charge is 0.444 e. The second-order valence-electron chi connectivity index (χ2n) is 6.52. The number of pyridine rings is 1. The molecule has 5 heteroatoms. The van der Waals surface area contributed by atoms with E-state index in [1.807, 2.05) is 39.1 Å². The molecule has 3 rings (SSSR count). The molecule has 0 fully saturated rings. The summed E-state index contributed by atoms with van der Waals surface area (Å²) in [5.74, 6) is 0. The van der Waals surface area contributed by atoms with Gasteiger partial charge in [0, 0.05) is 31.0 Å². The second-order valence-corrected chi connectivity index (χ2v) is 6.52. The Labute approximate surface area is 130 Å². The van der Waals surface area contributed by atoms with Gasteiger partial charge >= 0.3 is 6.09 Å². The predicted molar refractivity (Wildman–Crippen MR) is 86.5 cm³/mol. The van der Waals surface area contributed by atoms with Crippen molar-refractivity contribution in [3.8, 4) is 0 Å². The van der Waals surface area contributed by atoms with Crippen molar-refractivity contribution in [2.24, 2.45) is 0 Å². The Hall–Kier alpha value is -2.30. The predicted octanol–water partition coefficient (Wildman–Crippen LogP) is 3.59. The highest BCUT2D eigenvalue weighted by Gasteiger charge is 2.25. The zero-order valence-electron chi connectivity index (χ0n) is 13.2. The van der Waals surface area contributed by atoms with Crippen LogP contribution < -0.4 is 0 Å². The first-order chi connectivity index (χ1) is 10.4. The summed E-state index contributed by atoms with van der Waals surface area (Å²) in [6.07, 6.45) is 6.46. The van der Waals surface area contributed by atoms with Gasteiger partial charge in [0.25, 0.3) is 0 Å². The van der Waals surface area contributed by atoms with Crippen LogP contribution in [0.3, 0.4) is 0 Å². The van der Waals surface area contributed by atoms with E-state index in [4.69, 9.17) is 4.74 Å². The van der Waals surface area contributed by atoms with E-state index in [0.29, 0.717) is 13.1 Å². The van der Waals surface area contributed by atoms with Crippen LogP contribution in [0.1, 0.15) is 32.8 Å². The lowest BCUT2D eigenvalue weighted by Gasteiger charge is -2.30. The highest BCUT2D eigenvalue weighted by atomic mass is 16.6. The number of H-pyrrole nitrogens is 1. The van der Waals surface area contributed by atoms with E-state index < -0.39 is 5.60 Å². The van der Waals surface area contributed by atoms with E-state index >= 15 is 0 Å². The van der Waals surface area contributed by atoms with E-state index in [1.54, 1.807) is 11.1 Å². The molecule has 1 aliphatic heterocycles. The molecule has 0 aromatic carbocycles. The molecule has 0 saturated heterocycles. The normalized spacial score (nSPS) is 15.8. The Morgan fingerprint density at radius 1 is 1.36 bits per heavy atom. The number of fused-ring (bicyclic) bond motifs is 1. The number of nitrogens with zero attached hydrogens (tertiary/aromatic N) is 2. The number of amides is 1. The SMILES string of the molecule is CC(C)(C)OC(=O)N1CCC=C(c2ccnc3cc[nH]c23)C1. The minimum Gasteiger partial charge on any atom is -0.444 e. The molecular formula is C17H21N3O2. The van der Waals surface area contributed by atoms with Crippen LogP contribution in [0.5, 0.6) is 0 Å². The van der Waals surface area contributed by atoms with Crippen molar-refractivity contribution in [2.45, 2.75) is 32.8 Å². The average Bonchev–Trinajstić information content (AvgIpc) is 2.94. The maximum Gasteiger partial charge on any atom is 0.410 e. The standard InChI is InChI=1S/C17H21N3O2/c1-17(2,3)22-16(21)20-10-4-5-12(11-20)13-6-8-18-14-7-9-19-15(13)14/h5-9,19H,4,10-11H2,1-3H3. The van der Waals surface area contributed by atoms with Gasteiger partial charge in [-0.2, -0.15) is 0 Å². The molecule has 2 aromatic rings. The number of nitrogens with one attached hydrogen (secondary N) is 1. The summed E-state index contributed by atoms with van der Waals surface area (Å²) in [5, 5.41) is 0. The summed E-state index contributed by atoms with van der Waals surface area (Å²) in [7, 11) is 0. The molecule has 1 amide bonds. The van der Waals surface area contributed by atoms with Crippen LogP contribution in [0, 0.1) is 0 Å². The van der Waals surface area contributed by atoms with E-state index in [9.17, 15) is 4.79 Å². The Kier molecular flexibility index (Phi) is 3.64. The molecule has 1 N–H and O–H groups in total. The Morgan fingerprint density at radius 3 is 2.95 bits per heavy atom. The van der Waals surface area contributed by atoms with Crippen LogP contribution in [0.2, 0.25) is 0 Å². The number of aromatic nitrogens is 2. The van der Waals surface area contributed by atoms with Crippen LogP contribution >= 0.6 is 0 Å². The van der Waals surface area contributed by atoms with Gasteiger partial charge in [-0.15, -0.1) is 0 Å². The Bertz CT molecular complexity index is 725. The van der Waals surface area contributed by atoms with Crippen molar-refractivity contribution in [1.82, 2.24) is 14.9 Å². The van der Waals surface area contributed by atoms with Crippen molar-refractivity contribution in [3.63, 3.8) is 0 Å². The monoisotopic (exact) mass is 299 g/mol. The molecule has 0 unspecified atom stereocenters. The van der Waals surface area contributed by atoms with E-state index in [2.05, 4.69) is 16.0 Å². The molecule has 1 aliphatic rings. The molecule has 5 nitrogen and oxygen atoms in total. The van der Waals surface area contributed by atoms with Gasteiger partial charge in [-0.25, -0.2) is 4.79 Å². The summed E-state index contributed by atoms with van der Waals surface area (Å²) in [5.41, 5.74) is 3.71. The highest BCUT2D eigenvalue weighted by Crippen LogP contribution is 2.26. The number of carbonyl (C=O) groups is 1. The number of hydrogen-bond acceptors (Lipinski definition) is 3. The maximum atomic E-state index is 12.3. The van der Waals surface area contributed by atoms with Crippen LogP contribution in [0.15, 0.2) is 30.6 Å². The van der Waals surface area contributed by atoms with Crippen LogP contribution in [-0.4, -0.2) is 39.7 Å². The molecule has 0 bridgehead atoms. The fourth-order valence-corrected chi connectivity index (χ4v) is 2.65. The summed E-state index contributed by atoms with van der Waals surface area (Å²) in [4.78, 5) is 21.6. The second kappa shape index (κ2) is 5.48. The third-order valence-corrected chi connectivity index (χ3v) is 3.60. The first-order valence-corrected chi connectivity index (χ1v) is 7.53. The summed E-state index contributed by atoms with van der Waals surface area (Å²) in [6.45, 7) is 6.91. The molecule has 0 radical (unpaired) electrons. The molecule has 0 aliphatic carbocycles. The van der Waals surface area contributed by atoms with Crippen molar-refractivity contribution in [1.29, 1.82) is 0 Å². The zero-order chi connectivity index (χ0) is 15.7. The van der Waals surface area contributed by atoms with Crippen LogP contribution in [0.4, 0.5) is 4.79 Å². The number of aromatic amines is 1. The first-order valence-electron chi connectivity index (χ1n) is 7.53. The quantitative estimate of drug-likeness (QED) is 0.875. The topological polar surface area (TPSA) is 58.2 Å². The zero-order valence-corrected chi connectivity index (χ0v) is 13.2. The van der Waals surface area contributed by atoms with Crippen molar-refractivity contribution < 1.29 is 9.53 Å². The lowest BCUT2D eigenvalue weighted by molar-refractivity contribution is 0.0273. The van der Waals surface area contributed by atoms with Crippen molar-refractivity contribution >= 4 is 22.7 Å². The molecule has 0 atom stereocenters. The molecule has 0 spiro atoms. The van der Waals surface area contributed by atoms with Gasteiger partial charge in [-0.1, -0.05) is 6.08 Å². The van der Waals surface area contributed by atoms with Gasteiger partial charge in [0.05, 0.1) is 11.0 Å². The molecule has 22 heavy (non-hydrogen) atoms. The van der Waals surface area contributed by atoms with E-state index in [-0.39, 0.29) is 6.09 Å². The average molecular weight is 299 g/mol. The minimum atomic E-state index is -0.470. The van der Waals surface area contributed by atoms with Gasteiger partial charge in [-0.05, 0) is 44.9 Å². The summed E-state index contributed by atoms with van der Waals surface area (Å²) < 4.78 is 5.47. The molecular weight excluding hydrogens is 278 g/mol. The van der Waals surface area contributed by atoms with Gasteiger partial charge in [-0.3, -0.25) is 4.98 Å². The molecule has 3 heterocycles. The lowest BCUT2D eigenvalue weighted by Crippen LogP contribution is -2.39. The molecule has 2 aromatic heterocycles. The third-order valence-electron chi connectivity index (χ3n) is 3.60. The van der Waals surface area contributed by atoms with Gasteiger partial charge in [0.2, 0.25) is 0 Å². The minimum absolute atomic E-state index is 0.255. The maximum absolute atomic E-state index is 12.3. The Morgan fingerprint density at radius 2 is 2.18 bits per heavy atom. The van der Waals surface area contributed by atoms with Crippen LogP contribution in [0.25, 0.3) is 16.6 Å². The van der Waals surface area contributed by atoms with Crippen LogP contribution in [-0.2, 0) is 4.74 Å². The van der Waals surface area contributed by atoms with Gasteiger partial charge < -0.3 is 14.6 Å². The molecule has 116 valence electrons. The fraction of sp³-hybridized carbons (Fsp3) is 0.412. The van der Waals surface area contributed by atoms with Gasteiger partial charge in [0.15, 0.2) is 0 Å². The molecule has 0 saturated carbocycles. The van der Waals surface area contributed by atoms with Gasteiger partial charge in [0.1, 0.15) is 5.60 Å². The lowest BCUT2D eigenvalue weighted by atomic mass is 10.0. The third kappa shape index (κ3) is 2.98.